The molecule has 0 unspecified atom stereocenters. The number of ketones is 1. The van der Waals surface area contributed by atoms with Crippen LogP contribution in [0.3, 0.4) is 0 Å². The number of piperidine rings is 1. The van der Waals surface area contributed by atoms with Crippen molar-refractivity contribution in [2.75, 3.05) is 20.8 Å². The fourth-order valence-corrected chi connectivity index (χ4v) is 5.42. The van der Waals surface area contributed by atoms with Crippen LogP contribution in [0.2, 0.25) is 0 Å². The van der Waals surface area contributed by atoms with E-state index in [1.807, 2.05) is 18.2 Å². The number of likely N-dealkylation sites (tertiary alicyclic amines) is 1. The fourth-order valence-electron chi connectivity index (χ4n) is 5.42. The number of rotatable bonds is 1. The van der Waals surface area contributed by atoms with Gasteiger partial charge in [0.05, 0.1) is 31.6 Å². The molecule has 4 aliphatic rings. The summed E-state index contributed by atoms with van der Waals surface area (Å²) in [6.07, 6.45) is 4.24. The van der Waals surface area contributed by atoms with Crippen LogP contribution in [-0.4, -0.2) is 49.7 Å². The standard InChI is InChI=1S/C19H19NO5/c1-23-13-5-3-10-9-11-16-12(21)4-6-14-19(16,15(10)17(13)25-14)7-8-20(11)18(22)24-2/h3-6,11,14,16H,7-9H2,1-2H3/t11-,14+,16-,19-/m1/s1. The summed E-state index contributed by atoms with van der Waals surface area (Å²) in [6, 6.07) is 3.75. The lowest BCUT2D eigenvalue weighted by Crippen LogP contribution is -2.66. The molecule has 2 bridgehead atoms. The maximum atomic E-state index is 12.9. The Kier molecular flexibility index (Phi) is 2.83. The summed E-state index contributed by atoms with van der Waals surface area (Å²) in [5.41, 5.74) is 1.84. The summed E-state index contributed by atoms with van der Waals surface area (Å²) in [4.78, 5) is 26.9. The fraction of sp³-hybridized carbons (Fsp3) is 0.474. The second-order valence-electron chi connectivity index (χ2n) is 7.13. The van der Waals surface area contributed by atoms with E-state index in [0.717, 1.165) is 16.9 Å². The minimum atomic E-state index is -0.404. The molecule has 2 aliphatic heterocycles. The van der Waals surface area contributed by atoms with E-state index in [0.29, 0.717) is 25.1 Å². The quantitative estimate of drug-likeness (QED) is 0.780. The third-order valence-electron chi connectivity index (χ3n) is 6.33. The van der Waals surface area contributed by atoms with Gasteiger partial charge in [0, 0.05) is 12.1 Å². The molecule has 5 rings (SSSR count). The average Bonchev–Trinajstić information content (AvgIpc) is 2.95. The molecule has 6 nitrogen and oxygen atoms in total. The Hall–Kier alpha value is -2.50. The second kappa shape index (κ2) is 4.77. The van der Waals surface area contributed by atoms with Gasteiger partial charge in [-0.25, -0.2) is 4.79 Å². The van der Waals surface area contributed by atoms with Gasteiger partial charge in [-0.15, -0.1) is 0 Å². The number of nitrogens with zero attached hydrogens (tertiary/aromatic N) is 1. The number of hydrogen-bond donors (Lipinski definition) is 0. The van der Waals surface area contributed by atoms with E-state index >= 15 is 0 Å². The normalized spacial score (nSPS) is 33.6. The molecule has 2 aliphatic carbocycles. The highest BCUT2D eigenvalue weighted by Crippen LogP contribution is 2.62. The first kappa shape index (κ1) is 14.8. The van der Waals surface area contributed by atoms with Gasteiger partial charge in [0.1, 0.15) is 6.10 Å². The maximum Gasteiger partial charge on any atom is 0.409 e. The molecule has 4 atom stereocenters. The van der Waals surface area contributed by atoms with Gasteiger partial charge in [-0.1, -0.05) is 6.07 Å². The number of benzene rings is 1. The van der Waals surface area contributed by atoms with E-state index in [1.54, 1.807) is 18.1 Å². The molecule has 0 radical (unpaired) electrons. The Labute approximate surface area is 145 Å². The molecule has 6 heteroatoms. The Morgan fingerprint density at radius 3 is 2.96 bits per heavy atom. The van der Waals surface area contributed by atoms with Crippen molar-refractivity contribution in [2.45, 2.75) is 30.4 Å². The SMILES string of the molecule is COC(=O)N1CC[C@]23c4c5ccc(OC)c4O[C@H]2C=CC(=O)[C@H]3[C@H]1C5. The first-order chi connectivity index (χ1) is 12.1. The molecule has 2 heterocycles. The van der Waals surface area contributed by atoms with Crippen molar-refractivity contribution in [3.63, 3.8) is 0 Å². The lowest BCUT2D eigenvalue weighted by molar-refractivity contribution is -0.129. The molecule has 130 valence electrons. The Morgan fingerprint density at radius 2 is 2.20 bits per heavy atom. The third-order valence-corrected chi connectivity index (χ3v) is 6.33. The van der Waals surface area contributed by atoms with E-state index in [-0.39, 0.29) is 29.9 Å². The monoisotopic (exact) mass is 341 g/mol. The number of ether oxygens (including phenoxy) is 3. The lowest BCUT2D eigenvalue weighted by Gasteiger charge is -2.55. The van der Waals surface area contributed by atoms with Crippen LogP contribution in [0, 0.1) is 5.92 Å². The lowest BCUT2D eigenvalue weighted by atomic mass is 9.53. The van der Waals surface area contributed by atoms with Gasteiger partial charge >= 0.3 is 6.09 Å². The minimum absolute atomic E-state index is 0.0692. The van der Waals surface area contributed by atoms with Crippen molar-refractivity contribution < 1.29 is 23.8 Å². The van der Waals surface area contributed by atoms with Crippen LogP contribution in [0.1, 0.15) is 17.5 Å². The van der Waals surface area contributed by atoms with Crippen LogP contribution in [0.25, 0.3) is 0 Å². The van der Waals surface area contributed by atoms with Gasteiger partial charge < -0.3 is 19.1 Å². The first-order valence-corrected chi connectivity index (χ1v) is 8.55. The Bertz CT molecular complexity index is 831. The number of hydrogen-bond acceptors (Lipinski definition) is 5. The largest absolute Gasteiger partial charge is 0.493 e. The molecule has 25 heavy (non-hydrogen) atoms. The van der Waals surface area contributed by atoms with Crippen molar-refractivity contribution in [2.24, 2.45) is 5.92 Å². The molecular weight excluding hydrogens is 322 g/mol. The summed E-state index contributed by atoms with van der Waals surface area (Å²) in [7, 11) is 3.02. The van der Waals surface area contributed by atoms with Gasteiger partial charge in [-0.2, -0.15) is 0 Å². The summed E-state index contributed by atoms with van der Waals surface area (Å²) in [5, 5.41) is 0. The second-order valence-corrected chi connectivity index (χ2v) is 7.13. The highest BCUT2D eigenvalue weighted by molar-refractivity contribution is 5.97. The predicted octanol–water partition coefficient (Wildman–Crippen LogP) is 1.85. The van der Waals surface area contributed by atoms with E-state index < -0.39 is 5.41 Å². The topological polar surface area (TPSA) is 65.1 Å². The summed E-state index contributed by atoms with van der Waals surface area (Å²) in [6.45, 7) is 0.560. The smallest absolute Gasteiger partial charge is 0.409 e. The number of methoxy groups -OCH3 is 2. The zero-order valence-electron chi connectivity index (χ0n) is 14.2. The third kappa shape index (κ3) is 1.60. The van der Waals surface area contributed by atoms with Gasteiger partial charge in [0.25, 0.3) is 0 Å². The average molecular weight is 341 g/mol. The van der Waals surface area contributed by atoms with Crippen molar-refractivity contribution >= 4 is 11.9 Å². The van der Waals surface area contributed by atoms with Crippen molar-refractivity contribution in [1.29, 1.82) is 0 Å². The molecule has 1 aromatic rings. The first-order valence-electron chi connectivity index (χ1n) is 8.55. The van der Waals surface area contributed by atoms with E-state index in [4.69, 9.17) is 14.2 Å². The maximum absolute atomic E-state index is 12.9. The summed E-state index contributed by atoms with van der Waals surface area (Å²) < 4.78 is 16.7. The van der Waals surface area contributed by atoms with Gasteiger partial charge in [-0.3, -0.25) is 4.79 Å². The molecule has 0 saturated carbocycles. The molecule has 1 fully saturated rings. The Balaban J connectivity index is 1.76. The summed E-state index contributed by atoms with van der Waals surface area (Å²) >= 11 is 0. The van der Waals surface area contributed by atoms with E-state index in [2.05, 4.69) is 0 Å². The number of carbonyl (C=O) groups is 2. The van der Waals surface area contributed by atoms with Gasteiger partial charge in [-0.05, 0) is 36.6 Å². The predicted molar refractivity (Wildman–Crippen MR) is 87.9 cm³/mol. The number of amides is 1. The molecule has 1 saturated heterocycles. The molecular formula is C19H19NO5. The van der Waals surface area contributed by atoms with Crippen molar-refractivity contribution in [1.82, 2.24) is 4.90 Å². The number of allylic oxidation sites excluding steroid dienone is 1. The van der Waals surface area contributed by atoms with Crippen LogP contribution >= 0.6 is 0 Å². The molecule has 0 N–H and O–H groups in total. The van der Waals surface area contributed by atoms with Crippen LogP contribution in [0.15, 0.2) is 24.3 Å². The van der Waals surface area contributed by atoms with Crippen molar-refractivity contribution in [3.8, 4) is 11.5 Å². The van der Waals surface area contributed by atoms with Crippen LogP contribution in [0.5, 0.6) is 11.5 Å². The van der Waals surface area contributed by atoms with Crippen LogP contribution in [-0.2, 0) is 21.4 Å². The van der Waals surface area contributed by atoms with Crippen LogP contribution in [0.4, 0.5) is 4.79 Å². The van der Waals surface area contributed by atoms with Crippen molar-refractivity contribution in [3.05, 3.63) is 35.4 Å². The van der Waals surface area contributed by atoms with E-state index in [9.17, 15) is 9.59 Å². The Morgan fingerprint density at radius 1 is 1.36 bits per heavy atom. The molecule has 0 aromatic heterocycles. The zero-order chi connectivity index (χ0) is 17.3. The number of carbonyl (C=O) groups excluding carboxylic acids is 2. The van der Waals surface area contributed by atoms with Crippen LogP contribution < -0.4 is 9.47 Å². The van der Waals surface area contributed by atoms with Gasteiger partial charge in [0.15, 0.2) is 17.3 Å². The molecule has 1 spiro atoms. The van der Waals surface area contributed by atoms with Gasteiger partial charge in [0.2, 0.25) is 0 Å². The minimum Gasteiger partial charge on any atom is -0.493 e. The summed E-state index contributed by atoms with van der Waals surface area (Å²) in [5.74, 6) is 1.24. The van der Waals surface area contributed by atoms with E-state index in [1.165, 1.54) is 7.11 Å². The highest BCUT2D eigenvalue weighted by atomic mass is 16.5. The zero-order valence-corrected chi connectivity index (χ0v) is 14.2. The molecule has 1 aromatic carbocycles. The molecule has 1 amide bonds. The highest BCUT2D eigenvalue weighted by Gasteiger charge is 2.65.